The summed E-state index contributed by atoms with van der Waals surface area (Å²) in [4.78, 5) is 10.9. The molecule has 11 heavy (non-hydrogen) atoms. The van der Waals surface area contributed by atoms with Crippen LogP contribution in [0, 0.1) is 0 Å². The van der Waals surface area contributed by atoms with Crippen LogP contribution in [-0.2, 0) is 4.79 Å². The highest BCUT2D eigenvalue weighted by atomic mass is 16.1. The molecule has 0 bridgehead atoms. The van der Waals surface area contributed by atoms with Gasteiger partial charge in [-0.15, -0.1) is 0 Å². The fourth-order valence-corrected chi connectivity index (χ4v) is 1.51. The number of carbonyl (C=O) groups is 1. The van der Waals surface area contributed by atoms with Crippen molar-refractivity contribution in [2.75, 3.05) is 6.54 Å². The molecule has 1 heterocycles. The van der Waals surface area contributed by atoms with Gasteiger partial charge in [0.1, 0.15) is 0 Å². The molecule has 1 saturated carbocycles. The molecule has 2 aliphatic rings. The van der Waals surface area contributed by atoms with Gasteiger partial charge in [0.25, 0.3) is 0 Å². The third kappa shape index (κ3) is 1.93. The van der Waals surface area contributed by atoms with Gasteiger partial charge in [-0.25, -0.2) is 0 Å². The number of rotatable bonds is 2. The highest BCUT2D eigenvalue weighted by Gasteiger charge is 2.27. The first kappa shape index (κ1) is 7.10. The van der Waals surface area contributed by atoms with E-state index < -0.39 is 0 Å². The quantitative estimate of drug-likeness (QED) is 0.588. The third-order valence-electron chi connectivity index (χ3n) is 2.30. The number of nitrogens with one attached hydrogen (secondary N) is 2. The first-order valence-electron chi connectivity index (χ1n) is 4.37. The second-order valence-electron chi connectivity index (χ2n) is 3.48. The van der Waals surface area contributed by atoms with E-state index in [4.69, 9.17) is 0 Å². The highest BCUT2D eigenvalue weighted by molar-refractivity contribution is 5.77. The molecule has 2 N–H and O–H groups in total. The van der Waals surface area contributed by atoms with E-state index in [9.17, 15) is 4.79 Å². The Morgan fingerprint density at radius 1 is 1.27 bits per heavy atom. The van der Waals surface area contributed by atoms with Gasteiger partial charge in [-0.05, 0) is 19.3 Å². The lowest BCUT2D eigenvalue weighted by Gasteiger charge is -2.22. The summed E-state index contributed by atoms with van der Waals surface area (Å²) in [6, 6.07) is 1.18. The van der Waals surface area contributed by atoms with E-state index in [2.05, 4.69) is 10.6 Å². The normalized spacial score (nSPS) is 31.6. The fourth-order valence-electron chi connectivity index (χ4n) is 1.51. The van der Waals surface area contributed by atoms with Crippen LogP contribution >= 0.6 is 0 Å². The van der Waals surface area contributed by atoms with Crippen LogP contribution in [0.5, 0.6) is 0 Å². The molecule has 1 atom stereocenters. The summed E-state index contributed by atoms with van der Waals surface area (Å²) in [6.07, 6.45) is 4.38. The van der Waals surface area contributed by atoms with Crippen molar-refractivity contribution < 1.29 is 4.79 Å². The Hall–Kier alpha value is -0.570. The number of hydrogen-bond donors (Lipinski definition) is 2. The Labute approximate surface area is 66.5 Å². The molecule has 1 aliphatic carbocycles. The average Bonchev–Trinajstić information content (AvgIpc) is 2.71. The van der Waals surface area contributed by atoms with E-state index in [1.807, 2.05) is 0 Å². The van der Waals surface area contributed by atoms with Crippen LogP contribution in [0.2, 0.25) is 0 Å². The molecule has 1 amide bonds. The first-order valence-corrected chi connectivity index (χ1v) is 4.37. The van der Waals surface area contributed by atoms with Crippen molar-refractivity contribution in [1.29, 1.82) is 0 Å². The molecule has 62 valence electrons. The highest BCUT2D eigenvalue weighted by Crippen LogP contribution is 2.21. The van der Waals surface area contributed by atoms with Crippen LogP contribution in [0.1, 0.15) is 25.7 Å². The van der Waals surface area contributed by atoms with Crippen LogP contribution in [0.15, 0.2) is 0 Å². The molecule has 2 fully saturated rings. The largest absolute Gasteiger partial charge is 0.356 e. The number of hydrogen-bond acceptors (Lipinski definition) is 2. The minimum Gasteiger partial charge on any atom is -0.356 e. The molecule has 0 radical (unpaired) electrons. The molecule has 2 rings (SSSR count). The summed E-state index contributed by atoms with van der Waals surface area (Å²) in [5, 5.41) is 6.29. The van der Waals surface area contributed by atoms with E-state index in [0.29, 0.717) is 12.5 Å². The summed E-state index contributed by atoms with van der Waals surface area (Å²) >= 11 is 0. The minimum absolute atomic E-state index is 0.203. The first-order chi connectivity index (χ1) is 5.34. The van der Waals surface area contributed by atoms with E-state index in [1.54, 1.807) is 0 Å². The van der Waals surface area contributed by atoms with Crippen molar-refractivity contribution in [3.63, 3.8) is 0 Å². The molecule has 0 aromatic rings. The second kappa shape index (κ2) is 2.81. The Balaban J connectivity index is 1.77. The maximum Gasteiger partial charge on any atom is 0.221 e. The zero-order chi connectivity index (χ0) is 7.68. The van der Waals surface area contributed by atoms with Gasteiger partial charge >= 0.3 is 0 Å². The molecule has 0 aromatic heterocycles. The Kier molecular flexibility index (Phi) is 1.82. The monoisotopic (exact) mass is 154 g/mol. The van der Waals surface area contributed by atoms with Gasteiger partial charge in [0, 0.05) is 25.0 Å². The average molecular weight is 154 g/mol. The SMILES string of the molecule is O=C1CC(NC2CC2)CCN1. The van der Waals surface area contributed by atoms with Crippen LogP contribution in [0.4, 0.5) is 0 Å². The summed E-state index contributed by atoms with van der Waals surface area (Å²) in [7, 11) is 0. The van der Waals surface area contributed by atoms with E-state index in [-0.39, 0.29) is 5.91 Å². The lowest BCUT2D eigenvalue weighted by molar-refractivity contribution is -0.122. The summed E-state index contributed by atoms with van der Waals surface area (Å²) in [5.41, 5.74) is 0. The van der Waals surface area contributed by atoms with Crippen LogP contribution in [0.25, 0.3) is 0 Å². The van der Waals surface area contributed by atoms with Crippen LogP contribution in [0.3, 0.4) is 0 Å². The predicted molar refractivity (Wildman–Crippen MR) is 42.2 cm³/mol. The topological polar surface area (TPSA) is 41.1 Å². The molecule has 1 saturated heterocycles. The molecule has 1 aliphatic heterocycles. The van der Waals surface area contributed by atoms with Gasteiger partial charge in [0.05, 0.1) is 0 Å². The van der Waals surface area contributed by atoms with Crippen molar-refractivity contribution in [2.24, 2.45) is 0 Å². The van der Waals surface area contributed by atoms with Crippen molar-refractivity contribution in [3.8, 4) is 0 Å². The Bertz CT molecular complexity index is 165. The smallest absolute Gasteiger partial charge is 0.221 e. The van der Waals surface area contributed by atoms with Gasteiger partial charge in [-0.1, -0.05) is 0 Å². The Morgan fingerprint density at radius 2 is 2.09 bits per heavy atom. The molecule has 3 heteroatoms. The molecule has 1 unspecified atom stereocenters. The number of carbonyl (C=O) groups excluding carboxylic acids is 1. The minimum atomic E-state index is 0.203. The summed E-state index contributed by atoms with van der Waals surface area (Å²) in [5.74, 6) is 0.203. The van der Waals surface area contributed by atoms with E-state index >= 15 is 0 Å². The standard InChI is InChI=1S/C8H14N2O/c11-8-5-7(3-4-9-8)10-6-1-2-6/h6-7,10H,1-5H2,(H,9,11). The van der Waals surface area contributed by atoms with E-state index in [1.165, 1.54) is 12.8 Å². The fraction of sp³-hybridized carbons (Fsp3) is 0.875. The number of piperidine rings is 1. The molecular formula is C8H14N2O. The molecule has 0 aromatic carbocycles. The van der Waals surface area contributed by atoms with E-state index in [0.717, 1.165) is 19.0 Å². The van der Waals surface area contributed by atoms with Crippen molar-refractivity contribution in [3.05, 3.63) is 0 Å². The van der Waals surface area contributed by atoms with Gasteiger partial charge in [-0.3, -0.25) is 4.79 Å². The van der Waals surface area contributed by atoms with Crippen molar-refractivity contribution in [2.45, 2.75) is 37.8 Å². The summed E-state index contributed by atoms with van der Waals surface area (Å²) in [6.45, 7) is 0.850. The molecule has 3 nitrogen and oxygen atoms in total. The van der Waals surface area contributed by atoms with Gasteiger partial charge < -0.3 is 10.6 Å². The third-order valence-corrected chi connectivity index (χ3v) is 2.30. The van der Waals surface area contributed by atoms with Crippen molar-refractivity contribution >= 4 is 5.91 Å². The van der Waals surface area contributed by atoms with Crippen LogP contribution in [-0.4, -0.2) is 24.5 Å². The van der Waals surface area contributed by atoms with Crippen LogP contribution < -0.4 is 10.6 Å². The number of amides is 1. The molecular weight excluding hydrogens is 140 g/mol. The van der Waals surface area contributed by atoms with Gasteiger partial charge in [-0.2, -0.15) is 0 Å². The zero-order valence-electron chi connectivity index (χ0n) is 6.60. The Morgan fingerprint density at radius 3 is 2.73 bits per heavy atom. The maximum atomic E-state index is 10.9. The maximum absolute atomic E-state index is 10.9. The predicted octanol–water partition coefficient (Wildman–Crippen LogP) is 0.0170. The zero-order valence-corrected chi connectivity index (χ0v) is 6.60. The second-order valence-corrected chi connectivity index (χ2v) is 3.48. The lowest BCUT2D eigenvalue weighted by atomic mass is 10.1. The lowest BCUT2D eigenvalue weighted by Crippen LogP contribution is -2.43. The van der Waals surface area contributed by atoms with Gasteiger partial charge in [0.15, 0.2) is 0 Å². The van der Waals surface area contributed by atoms with Crippen molar-refractivity contribution in [1.82, 2.24) is 10.6 Å². The summed E-state index contributed by atoms with van der Waals surface area (Å²) < 4.78 is 0. The molecule has 0 spiro atoms. The van der Waals surface area contributed by atoms with Gasteiger partial charge in [0.2, 0.25) is 5.91 Å².